The highest BCUT2D eigenvalue weighted by Gasteiger charge is 2.39. The number of methoxy groups -OCH3 is 1. The third-order valence-electron chi connectivity index (χ3n) is 3.65. The summed E-state index contributed by atoms with van der Waals surface area (Å²) in [5.74, 6) is -0.483. The predicted octanol–water partition coefficient (Wildman–Crippen LogP) is 2.70. The molecule has 0 aliphatic carbocycles. The molecule has 0 fully saturated rings. The van der Waals surface area contributed by atoms with Crippen molar-refractivity contribution in [2.45, 2.75) is 12.4 Å². The molecule has 1 aliphatic rings. The molecule has 4 nitrogen and oxygen atoms in total. The summed E-state index contributed by atoms with van der Waals surface area (Å²) >= 11 is 0. The standard InChI is InChI=1S/C18H16O4/c1-21-18-15(16(19)13-10-6-3-7-11-13)14(17(20)22-18)12-8-4-2-5-9-12/h2-11,16,18-19H,1H3/t16-,18+/m1/s1. The Morgan fingerprint density at radius 2 is 1.64 bits per heavy atom. The lowest BCUT2D eigenvalue weighted by Crippen LogP contribution is -2.18. The van der Waals surface area contributed by atoms with Crippen LogP contribution in [-0.4, -0.2) is 24.5 Å². The highest BCUT2D eigenvalue weighted by atomic mass is 16.7. The summed E-state index contributed by atoms with van der Waals surface area (Å²) in [7, 11) is 1.45. The second kappa shape index (κ2) is 6.13. The van der Waals surface area contributed by atoms with Crippen LogP contribution in [0.2, 0.25) is 0 Å². The van der Waals surface area contributed by atoms with E-state index in [4.69, 9.17) is 9.47 Å². The minimum atomic E-state index is -0.965. The third kappa shape index (κ3) is 2.54. The molecule has 1 aliphatic heterocycles. The molecule has 112 valence electrons. The number of hydrogen-bond donors (Lipinski definition) is 1. The Morgan fingerprint density at radius 1 is 1.05 bits per heavy atom. The Bertz CT molecular complexity index is 692. The second-order valence-electron chi connectivity index (χ2n) is 4.98. The molecule has 1 heterocycles. The SMILES string of the molecule is CO[C@H]1OC(=O)C(c2ccccc2)=C1[C@H](O)c1ccccc1. The van der Waals surface area contributed by atoms with E-state index in [0.717, 1.165) is 0 Å². The fraction of sp³-hybridized carbons (Fsp3) is 0.167. The van der Waals surface area contributed by atoms with Gasteiger partial charge >= 0.3 is 5.97 Å². The number of benzene rings is 2. The zero-order valence-corrected chi connectivity index (χ0v) is 12.1. The summed E-state index contributed by atoms with van der Waals surface area (Å²) in [4.78, 5) is 12.2. The molecule has 22 heavy (non-hydrogen) atoms. The van der Waals surface area contributed by atoms with Gasteiger partial charge in [0.2, 0.25) is 6.29 Å². The summed E-state index contributed by atoms with van der Waals surface area (Å²) in [6, 6.07) is 18.3. The van der Waals surface area contributed by atoms with Crippen molar-refractivity contribution in [3.63, 3.8) is 0 Å². The van der Waals surface area contributed by atoms with Gasteiger partial charge < -0.3 is 14.6 Å². The monoisotopic (exact) mass is 296 g/mol. The van der Waals surface area contributed by atoms with Crippen LogP contribution in [0.25, 0.3) is 5.57 Å². The van der Waals surface area contributed by atoms with Gasteiger partial charge in [0.15, 0.2) is 0 Å². The van der Waals surface area contributed by atoms with Crippen molar-refractivity contribution in [3.05, 3.63) is 77.4 Å². The molecule has 0 aromatic heterocycles. The maximum absolute atomic E-state index is 12.2. The van der Waals surface area contributed by atoms with Gasteiger partial charge in [-0.05, 0) is 11.1 Å². The quantitative estimate of drug-likeness (QED) is 0.881. The maximum Gasteiger partial charge on any atom is 0.341 e. The first-order chi connectivity index (χ1) is 10.7. The molecule has 0 unspecified atom stereocenters. The van der Waals surface area contributed by atoms with Crippen molar-refractivity contribution in [1.29, 1.82) is 0 Å². The van der Waals surface area contributed by atoms with Crippen molar-refractivity contribution in [2.24, 2.45) is 0 Å². The van der Waals surface area contributed by atoms with Crippen LogP contribution in [0.5, 0.6) is 0 Å². The first kappa shape index (κ1) is 14.5. The molecule has 2 aromatic rings. The molecule has 0 bridgehead atoms. The van der Waals surface area contributed by atoms with E-state index in [0.29, 0.717) is 22.3 Å². The molecule has 4 heteroatoms. The van der Waals surface area contributed by atoms with Crippen LogP contribution in [0.1, 0.15) is 17.2 Å². The van der Waals surface area contributed by atoms with Gasteiger partial charge in [0.05, 0.1) is 5.57 Å². The number of rotatable bonds is 4. The van der Waals surface area contributed by atoms with Gasteiger partial charge in [-0.25, -0.2) is 4.79 Å². The topological polar surface area (TPSA) is 55.8 Å². The Labute approximate surface area is 128 Å². The molecule has 2 atom stereocenters. The molecule has 3 rings (SSSR count). The van der Waals surface area contributed by atoms with E-state index in [2.05, 4.69) is 0 Å². The number of cyclic esters (lactones) is 1. The fourth-order valence-electron chi connectivity index (χ4n) is 2.60. The predicted molar refractivity (Wildman–Crippen MR) is 81.7 cm³/mol. The Hall–Kier alpha value is -2.43. The molecular weight excluding hydrogens is 280 g/mol. The lowest BCUT2D eigenvalue weighted by Gasteiger charge is -2.18. The van der Waals surface area contributed by atoms with E-state index in [1.165, 1.54) is 7.11 Å². The Kier molecular flexibility index (Phi) is 4.04. The summed E-state index contributed by atoms with van der Waals surface area (Å²) in [6.45, 7) is 0. The van der Waals surface area contributed by atoms with Crippen LogP contribution in [0.4, 0.5) is 0 Å². The maximum atomic E-state index is 12.2. The summed E-state index contributed by atoms with van der Waals surface area (Å²) < 4.78 is 10.5. The number of aliphatic hydroxyl groups is 1. The van der Waals surface area contributed by atoms with Crippen LogP contribution in [0.15, 0.2) is 66.2 Å². The summed E-state index contributed by atoms with van der Waals surface area (Å²) in [5, 5.41) is 10.7. The van der Waals surface area contributed by atoms with Gasteiger partial charge in [-0.3, -0.25) is 0 Å². The number of hydrogen-bond acceptors (Lipinski definition) is 4. The zero-order valence-electron chi connectivity index (χ0n) is 12.1. The lowest BCUT2D eigenvalue weighted by atomic mass is 9.94. The van der Waals surface area contributed by atoms with Gasteiger partial charge in [-0.15, -0.1) is 0 Å². The van der Waals surface area contributed by atoms with Crippen LogP contribution in [0, 0.1) is 0 Å². The molecule has 0 amide bonds. The number of ether oxygens (including phenoxy) is 2. The van der Waals surface area contributed by atoms with Crippen LogP contribution in [0.3, 0.4) is 0 Å². The smallest absolute Gasteiger partial charge is 0.341 e. The van der Waals surface area contributed by atoms with Crippen molar-refractivity contribution in [3.8, 4) is 0 Å². The second-order valence-corrected chi connectivity index (χ2v) is 4.98. The van der Waals surface area contributed by atoms with Gasteiger partial charge in [0.1, 0.15) is 6.10 Å². The van der Waals surface area contributed by atoms with Gasteiger partial charge in [0, 0.05) is 12.7 Å². The van der Waals surface area contributed by atoms with E-state index < -0.39 is 18.4 Å². The number of aliphatic hydroxyl groups excluding tert-OH is 1. The van der Waals surface area contributed by atoms with E-state index in [1.54, 1.807) is 12.1 Å². The first-order valence-electron chi connectivity index (χ1n) is 6.98. The largest absolute Gasteiger partial charge is 0.428 e. The zero-order chi connectivity index (χ0) is 15.5. The average Bonchev–Trinajstić information content (AvgIpc) is 2.92. The molecular formula is C18H16O4. The molecule has 0 radical (unpaired) electrons. The normalized spacial score (nSPS) is 19.2. The molecule has 0 spiro atoms. The third-order valence-corrected chi connectivity index (χ3v) is 3.65. The van der Waals surface area contributed by atoms with E-state index in [1.807, 2.05) is 48.5 Å². The fourth-order valence-corrected chi connectivity index (χ4v) is 2.60. The average molecular weight is 296 g/mol. The van der Waals surface area contributed by atoms with Gasteiger partial charge in [0.25, 0.3) is 0 Å². The Balaban J connectivity index is 2.13. The van der Waals surface area contributed by atoms with Gasteiger partial charge in [-0.1, -0.05) is 60.7 Å². The van der Waals surface area contributed by atoms with Crippen molar-refractivity contribution in [2.75, 3.05) is 7.11 Å². The summed E-state index contributed by atoms with van der Waals surface area (Å²) in [6.07, 6.45) is -1.84. The first-order valence-corrected chi connectivity index (χ1v) is 6.98. The number of carbonyl (C=O) groups is 1. The molecule has 0 saturated heterocycles. The van der Waals surface area contributed by atoms with Crippen LogP contribution < -0.4 is 0 Å². The minimum absolute atomic E-state index is 0.365. The van der Waals surface area contributed by atoms with Crippen LogP contribution in [-0.2, 0) is 14.3 Å². The van der Waals surface area contributed by atoms with E-state index in [-0.39, 0.29) is 0 Å². The molecule has 0 saturated carbocycles. The minimum Gasteiger partial charge on any atom is -0.428 e. The number of carbonyl (C=O) groups excluding carboxylic acids is 1. The Morgan fingerprint density at radius 3 is 2.23 bits per heavy atom. The van der Waals surface area contributed by atoms with Crippen LogP contribution >= 0.6 is 0 Å². The highest BCUT2D eigenvalue weighted by molar-refractivity contribution is 6.19. The van der Waals surface area contributed by atoms with Crippen molar-refractivity contribution in [1.82, 2.24) is 0 Å². The van der Waals surface area contributed by atoms with Crippen molar-refractivity contribution >= 4 is 11.5 Å². The molecule has 1 N–H and O–H groups in total. The lowest BCUT2D eigenvalue weighted by molar-refractivity contribution is -0.155. The number of esters is 1. The van der Waals surface area contributed by atoms with Crippen molar-refractivity contribution < 1.29 is 19.4 Å². The van der Waals surface area contributed by atoms with E-state index in [9.17, 15) is 9.90 Å². The summed E-state index contributed by atoms with van der Waals surface area (Å²) in [5.41, 5.74) is 2.19. The van der Waals surface area contributed by atoms with E-state index >= 15 is 0 Å². The molecule has 2 aromatic carbocycles. The highest BCUT2D eigenvalue weighted by Crippen LogP contribution is 2.38. The van der Waals surface area contributed by atoms with Gasteiger partial charge in [-0.2, -0.15) is 0 Å².